The van der Waals surface area contributed by atoms with E-state index in [4.69, 9.17) is 0 Å². The predicted octanol–water partition coefficient (Wildman–Crippen LogP) is 3.28. The van der Waals surface area contributed by atoms with Crippen molar-refractivity contribution in [3.63, 3.8) is 0 Å². The van der Waals surface area contributed by atoms with Gasteiger partial charge in [0, 0.05) is 22.1 Å². The molecule has 0 saturated carbocycles. The van der Waals surface area contributed by atoms with Gasteiger partial charge in [-0.15, -0.1) is 0 Å². The number of halogens is 3. The Morgan fingerprint density at radius 1 is 1.15 bits per heavy atom. The van der Waals surface area contributed by atoms with Crippen LogP contribution in [0.1, 0.15) is 0 Å². The van der Waals surface area contributed by atoms with Crippen LogP contribution in [0.2, 0.25) is 0 Å². The van der Waals surface area contributed by atoms with Crippen LogP contribution in [0.15, 0.2) is 28.9 Å². The van der Waals surface area contributed by atoms with Gasteiger partial charge in [0.15, 0.2) is 5.82 Å². The van der Waals surface area contributed by atoms with Crippen molar-refractivity contribution in [2.24, 2.45) is 0 Å². The number of hydrogen-bond donors (Lipinski definition) is 0. The van der Waals surface area contributed by atoms with E-state index in [9.17, 15) is 8.78 Å². The zero-order chi connectivity index (χ0) is 9.42. The van der Waals surface area contributed by atoms with E-state index in [1.54, 1.807) is 6.07 Å². The Bertz CT molecular complexity index is 465. The van der Waals surface area contributed by atoms with E-state index < -0.39 is 11.6 Å². The van der Waals surface area contributed by atoms with Crippen molar-refractivity contribution < 1.29 is 8.78 Å². The summed E-state index contributed by atoms with van der Waals surface area (Å²) in [7, 11) is 0. The number of aromatic nitrogens is 1. The molecule has 0 aliphatic carbocycles. The van der Waals surface area contributed by atoms with Crippen molar-refractivity contribution in [3.8, 4) is 0 Å². The summed E-state index contributed by atoms with van der Waals surface area (Å²) in [5, 5.41) is 0.451. The van der Waals surface area contributed by atoms with Crippen LogP contribution in [0.3, 0.4) is 0 Å². The number of rotatable bonds is 0. The molecule has 2 rings (SSSR count). The Morgan fingerprint density at radius 3 is 2.69 bits per heavy atom. The van der Waals surface area contributed by atoms with Gasteiger partial charge in [0.25, 0.3) is 0 Å². The fourth-order valence-corrected chi connectivity index (χ4v) is 1.49. The van der Waals surface area contributed by atoms with Crippen LogP contribution < -0.4 is 0 Å². The second kappa shape index (κ2) is 3.03. The number of hydrogen-bond acceptors (Lipinski definition) is 1. The highest BCUT2D eigenvalue weighted by atomic mass is 79.9. The molecule has 1 nitrogen and oxygen atoms in total. The van der Waals surface area contributed by atoms with Gasteiger partial charge in [0.05, 0.1) is 0 Å². The summed E-state index contributed by atoms with van der Waals surface area (Å²) in [5.74, 6) is -1.23. The third-order valence-corrected chi connectivity index (χ3v) is 2.10. The summed E-state index contributed by atoms with van der Waals surface area (Å²) >= 11 is 3.17. The first-order valence-corrected chi connectivity index (χ1v) is 4.36. The Kier molecular flexibility index (Phi) is 2.00. The smallest absolute Gasteiger partial charge is 0.152 e. The lowest BCUT2D eigenvalue weighted by Gasteiger charge is -1.99. The maximum absolute atomic E-state index is 13.1. The number of pyridine rings is 1. The first-order valence-electron chi connectivity index (χ1n) is 3.57. The first kappa shape index (κ1) is 8.56. The molecule has 0 N–H and O–H groups in total. The largest absolute Gasteiger partial charge is 0.252 e. The maximum atomic E-state index is 13.1. The monoisotopic (exact) mass is 243 g/mol. The highest BCUT2D eigenvalue weighted by Gasteiger charge is 2.04. The first-order chi connectivity index (χ1) is 6.16. The van der Waals surface area contributed by atoms with E-state index in [0.717, 1.165) is 6.07 Å². The molecular weight excluding hydrogens is 240 g/mol. The minimum atomic E-state index is -0.637. The highest BCUT2D eigenvalue weighted by Crippen LogP contribution is 2.20. The second-order valence-electron chi connectivity index (χ2n) is 2.61. The van der Waals surface area contributed by atoms with Crippen LogP contribution >= 0.6 is 15.9 Å². The number of benzene rings is 1. The van der Waals surface area contributed by atoms with E-state index in [-0.39, 0.29) is 5.52 Å². The molecule has 0 radical (unpaired) electrons. The molecule has 0 aliphatic rings. The fraction of sp³-hybridized carbons (Fsp3) is 0. The van der Waals surface area contributed by atoms with Crippen LogP contribution in [-0.2, 0) is 0 Å². The third kappa shape index (κ3) is 1.54. The molecular formula is C9H4BrF2N. The molecule has 0 fully saturated rings. The molecule has 13 heavy (non-hydrogen) atoms. The van der Waals surface area contributed by atoms with Crippen LogP contribution in [-0.4, -0.2) is 4.98 Å². The molecule has 1 aromatic carbocycles. The zero-order valence-electron chi connectivity index (χ0n) is 6.39. The Morgan fingerprint density at radius 2 is 1.92 bits per heavy atom. The topological polar surface area (TPSA) is 12.9 Å². The van der Waals surface area contributed by atoms with Crippen LogP contribution in [0.25, 0.3) is 10.9 Å². The van der Waals surface area contributed by atoms with Gasteiger partial charge < -0.3 is 0 Å². The average Bonchev–Trinajstić information content (AvgIpc) is 2.02. The van der Waals surface area contributed by atoms with Gasteiger partial charge in [0.1, 0.15) is 11.3 Å². The normalized spacial score (nSPS) is 10.7. The second-order valence-corrected chi connectivity index (χ2v) is 3.53. The molecule has 1 aromatic heterocycles. The molecule has 0 aliphatic heterocycles. The van der Waals surface area contributed by atoms with Crippen molar-refractivity contribution in [1.29, 1.82) is 0 Å². The van der Waals surface area contributed by atoms with E-state index in [2.05, 4.69) is 20.9 Å². The lowest BCUT2D eigenvalue weighted by atomic mass is 10.2. The minimum absolute atomic E-state index is 0.185. The Balaban J connectivity index is 2.86. The molecule has 0 amide bonds. The summed E-state index contributed by atoms with van der Waals surface area (Å²) in [6, 6.07) is 3.69. The number of fused-ring (bicyclic) bond motifs is 1. The highest BCUT2D eigenvalue weighted by molar-refractivity contribution is 9.10. The third-order valence-electron chi connectivity index (χ3n) is 1.67. The van der Waals surface area contributed by atoms with E-state index in [0.29, 0.717) is 9.86 Å². The molecule has 0 saturated heterocycles. The number of nitrogens with zero attached hydrogens (tertiary/aromatic N) is 1. The Labute approximate surface area is 81.5 Å². The van der Waals surface area contributed by atoms with Gasteiger partial charge in [-0.3, -0.25) is 4.98 Å². The fourth-order valence-electron chi connectivity index (χ4n) is 1.14. The van der Waals surface area contributed by atoms with Crippen LogP contribution in [0.4, 0.5) is 8.78 Å². The summed E-state index contributed by atoms with van der Waals surface area (Å²) in [6.07, 6.45) is 1.48. The predicted molar refractivity (Wildman–Crippen MR) is 49.4 cm³/mol. The SMILES string of the molecule is Fc1cc(F)c2ncc(Br)cc2c1. The molecule has 0 spiro atoms. The molecule has 1 heterocycles. The van der Waals surface area contributed by atoms with E-state index in [1.165, 1.54) is 12.3 Å². The molecule has 66 valence electrons. The van der Waals surface area contributed by atoms with Gasteiger partial charge in [-0.2, -0.15) is 0 Å². The van der Waals surface area contributed by atoms with Crippen molar-refractivity contribution in [3.05, 3.63) is 40.5 Å². The molecule has 0 unspecified atom stereocenters. The van der Waals surface area contributed by atoms with Crippen molar-refractivity contribution in [2.45, 2.75) is 0 Å². The zero-order valence-corrected chi connectivity index (χ0v) is 7.98. The molecule has 2 aromatic rings. The molecule has 0 bridgehead atoms. The van der Waals surface area contributed by atoms with Gasteiger partial charge in [-0.1, -0.05) is 0 Å². The van der Waals surface area contributed by atoms with Crippen LogP contribution in [0, 0.1) is 11.6 Å². The van der Waals surface area contributed by atoms with Crippen LogP contribution in [0.5, 0.6) is 0 Å². The van der Waals surface area contributed by atoms with Gasteiger partial charge in [0.2, 0.25) is 0 Å². The van der Waals surface area contributed by atoms with Gasteiger partial charge >= 0.3 is 0 Å². The minimum Gasteiger partial charge on any atom is -0.252 e. The molecule has 0 atom stereocenters. The van der Waals surface area contributed by atoms with E-state index in [1.807, 2.05) is 0 Å². The lowest BCUT2D eigenvalue weighted by Crippen LogP contribution is -1.86. The summed E-state index contributed by atoms with van der Waals surface area (Å²) in [4.78, 5) is 3.83. The van der Waals surface area contributed by atoms with E-state index >= 15 is 0 Å². The van der Waals surface area contributed by atoms with Crippen molar-refractivity contribution in [1.82, 2.24) is 4.98 Å². The molecule has 4 heteroatoms. The quantitative estimate of drug-likeness (QED) is 0.692. The van der Waals surface area contributed by atoms with Crippen molar-refractivity contribution in [2.75, 3.05) is 0 Å². The van der Waals surface area contributed by atoms with Gasteiger partial charge in [-0.25, -0.2) is 8.78 Å². The summed E-state index contributed by atoms with van der Waals surface area (Å²) < 4.78 is 26.5. The summed E-state index contributed by atoms with van der Waals surface area (Å²) in [5.41, 5.74) is 0.185. The average molecular weight is 244 g/mol. The standard InChI is InChI=1S/C9H4BrF2N/c10-6-1-5-2-7(11)3-8(12)9(5)13-4-6/h1-4H. The lowest BCUT2D eigenvalue weighted by molar-refractivity contribution is 0.590. The summed E-state index contributed by atoms with van der Waals surface area (Å²) in [6.45, 7) is 0. The van der Waals surface area contributed by atoms with Crippen molar-refractivity contribution >= 4 is 26.8 Å². The van der Waals surface area contributed by atoms with Gasteiger partial charge in [-0.05, 0) is 28.1 Å². The Hall–Kier alpha value is -1.03. The maximum Gasteiger partial charge on any atom is 0.152 e.